The zero-order valence-electron chi connectivity index (χ0n) is 45.4. The fourth-order valence-corrected chi connectivity index (χ4v) is 12.7. The second-order valence-corrected chi connectivity index (χ2v) is 25.6. The van der Waals surface area contributed by atoms with Crippen molar-refractivity contribution in [2.24, 2.45) is 0 Å². The summed E-state index contributed by atoms with van der Waals surface area (Å²) in [6.45, 7) is 18.2. The van der Waals surface area contributed by atoms with Crippen molar-refractivity contribution in [3.05, 3.63) is 211 Å². The maximum absolute atomic E-state index is 5.66. The van der Waals surface area contributed by atoms with Crippen molar-refractivity contribution >= 4 is 111 Å². The van der Waals surface area contributed by atoms with Gasteiger partial charge < -0.3 is 13.7 Å². The Morgan fingerprint density at radius 1 is 0.385 bits per heavy atom. The van der Waals surface area contributed by atoms with E-state index in [0.717, 1.165) is 86.1 Å². The molecule has 0 saturated heterocycles. The number of hydrogen-bond acceptors (Lipinski definition) is 3. The summed E-state index contributed by atoms with van der Waals surface area (Å²) in [5.74, 6) is 1.77. The first kappa shape index (κ1) is 50.4. The normalized spacial score (nSPS) is 12.4. The van der Waals surface area contributed by atoms with Gasteiger partial charge in [0.2, 0.25) is 0 Å². The van der Waals surface area contributed by atoms with E-state index in [4.69, 9.17) is 15.0 Å². The molecule has 13 aromatic rings. The number of unbranched alkanes of at least 4 members (excludes halogenated alkanes) is 1. The first-order chi connectivity index (χ1) is 37.6. The van der Waals surface area contributed by atoms with Crippen molar-refractivity contribution in [2.75, 3.05) is 0 Å². The fourth-order valence-electron chi connectivity index (χ4n) is 11.7. The van der Waals surface area contributed by atoms with Gasteiger partial charge in [0.1, 0.15) is 0 Å². The van der Waals surface area contributed by atoms with Crippen LogP contribution in [0.3, 0.4) is 0 Å². The van der Waals surface area contributed by atoms with E-state index in [1.165, 1.54) is 61.7 Å². The first-order valence-electron chi connectivity index (χ1n) is 27.2. The van der Waals surface area contributed by atoms with E-state index in [1.54, 1.807) is 0 Å². The monoisotopic (exact) mass is 1240 g/mol. The molecule has 78 heavy (non-hydrogen) atoms. The number of rotatable bonds is 9. The smallest absolute Gasteiger partial charge is 0.166 e. The van der Waals surface area contributed by atoms with Crippen molar-refractivity contribution in [3.63, 3.8) is 0 Å². The third-order valence-electron chi connectivity index (χ3n) is 15.8. The highest BCUT2D eigenvalue weighted by Crippen LogP contribution is 2.43. The molecule has 0 aliphatic rings. The third-order valence-corrected chi connectivity index (χ3v) is 17.1. The van der Waals surface area contributed by atoms with Crippen LogP contribution < -0.4 is 0 Å². The number of para-hydroxylation sites is 3. The van der Waals surface area contributed by atoms with E-state index in [1.807, 2.05) is 0 Å². The highest BCUT2D eigenvalue weighted by atomic mass is 127. The third kappa shape index (κ3) is 8.61. The number of halogens is 2. The number of nitrogens with zero attached hydrogens (tertiary/aromatic N) is 6. The van der Waals surface area contributed by atoms with Crippen molar-refractivity contribution in [2.45, 2.75) is 85.5 Å². The topological polar surface area (TPSA) is 53.5 Å². The molecule has 8 heteroatoms. The van der Waals surface area contributed by atoms with Crippen LogP contribution in [0.25, 0.3) is 117 Å². The summed E-state index contributed by atoms with van der Waals surface area (Å²) in [7, 11) is 0. The molecule has 0 amide bonds. The molecule has 0 aliphatic heterocycles. The van der Waals surface area contributed by atoms with Crippen LogP contribution in [0.15, 0.2) is 182 Å². The number of aryl methyl sites for hydroxylation is 2. The predicted octanol–water partition coefficient (Wildman–Crippen LogP) is 19.6. The Kier molecular flexibility index (Phi) is 12.5. The molecular weight excluding hydrogens is 1180 g/mol. The van der Waals surface area contributed by atoms with Gasteiger partial charge in [-0.15, -0.1) is 0 Å². The second-order valence-electron chi connectivity index (χ2n) is 23.1. The van der Waals surface area contributed by atoms with Crippen molar-refractivity contribution in [3.8, 4) is 51.2 Å². The molecule has 0 bridgehead atoms. The summed E-state index contributed by atoms with van der Waals surface area (Å²) in [5.41, 5.74) is 17.7. The lowest BCUT2D eigenvalue weighted by molar-refractivity contribution is 0.591. The molecule has 0 unspecified atom stereocenters. The number of benzene rings is 9. The van der Waals surface area contributed by atoms with Gasteiger partial charge in [0.15, 0.2) is 17.5 Å². The second kappa shape index (κ2) is 19.3. The summed E-state index contributed by atoms with van der Waals surface area (Å²) in [6, 6.07) is 67.4. The van der Waals surface area contributed by atoms with Crippen LogP contribution in [0, 0.1) is 14.1 Å². The summed E-state index contributed by atoms with van der Waals surface area (Å²) >= 11 is 4.90. The Labute approximate surface area is 483 Å². The van der Waals surface area contributed by atoms with E-state index in [0.29, 0.717) is 17.5 Å². The molecule has 4 aromatic heterocycles. The lowest BCUT2D eigenvalue weighted by Gasteiger charge is -2.20. The maximum atomic E-state index is 5.66. The highest BCUT2D eigenvalue weighted by Gasteiger charge is 2.26. The molecule has 9 aromatic carbocycles. The minimum absolute atomic E-state index is 0.0166. The Morgan fingerprint density at radius 2 is 0.731 bits per heavy atom. The molecule has 0 atom stereocenters. The maximum Gasteiger partial charge on any atom is 0.166 e. The average Bonchev–Trinajstić information content (AvgIpc) is 4.26. The summed E-state index contributed by atoms with van der Waals surface area (Å²) in [6.07, 6.45) is 3.36. The standard InChI is InChI=1S/C70H60I2N6/c1-9-10-17-43-25-31-61-52(37-43)55-40-46(71)28-34-64(55)77(61)58-22-15-12-19-49(58)67-73-66(48-18-11-14-21-57(48)76-60-30-24-42(2)36-51(60)53-38-44(69(3,4)5)26-32-62(53)76)74-68(75-67)50-20-13-16-23-59(50)78-63-33-27-45(70(6,7)8)39-54(63)56-41-47(72)29-35-65(56)78/h11-16,18-41H,9-10,17H2,1-8H3. The lowest BCUT2D eigenvalue weighted by Crippen LogP contribution is -2.10. The molecular formula is C70H60I2N6. The Hall–Kier alpha value is -7.15. The van der Waals surface area contributed by atoms with Crippen molar-refractivity contribution in [1.82, 2.24) is 28.7 Å². The quantitative estimate of drug-likeness (QED) is 0.135. The first-order valence-corrected chi connectivity index (χ1v) is 29.4. The number of aromatic nitrogens is 6. The van der Waals surface area contributed by atoms with Gasteiger partial charge in [-0.1, -0.05) is 121 Å². The van der Waals surface area contributed by atoms with Crippen molar-refractivity contribution in [1.29, 1.82) is 0 Å². The number of hydrogen-bond donors (Lipinski definition) is 0. The van der Waals surface area contributed by atoms with Gasteiger partial charge in [0.05, 0.1) is 50.2 Å². The van der Waals surface area contributed by atoms with Crippen LogP contribution in [-0.4, -0.2) is 28.7 Å². The Morgan fingerprint density at radius 3 is 1.14 bits per heavy atom. The number of fused-ring (bicyclic) bond motifs is 9. The van der Waals surface area contributed by atoms with E-state index in [9.17, 15) is 0 Å². The largest absolute Gasteiger partial charge is 0.309 e. The molecule has 6 nitrogen and oxygen atoms in total. The molecule has 0 fully saturated rings. The van der Waals surface area contributed by atoms with Crippen molar-refractivity contribution < 1.29 is 0 Å². The van der Waals surface area contributed by atoms with Gasteiger partial charge in [-0.3, -0.25) is 0 Å². The zero-order valence-corrected chi connectivity index (χ0v) is 49.7. The van der Waals surface area contributed by atoms with Gasteiger partial charge in [0.25, 0.3) is 0 Å². The van der Waals surface area contributed by atoms with Gasteiger partial charge >= 0.3 is 0 Å². The lowest BCUT2D eigenvalue weighted by atomic mass is 9.86. The molecule has 0 aliphatic carbocycles. The van der Waals surface area contributed by atoms with E-state index < -0.39 is 0 Å². The van der Waals surface area contributed by atoms with Crippen LogP contribution in [0.1, 0.15) is 83.6 Å². The SMILES string of the molecule is CCCCc1ccc2c(c1)c1cc(I)ccc1n2-c1ccccc1-c1nc(-c2ccccc2-n2c3ccc(C)cc3c3cc(C(C)(C)C)ccc32)nc(-c2ccccc2-n2c3ccc(I)cc3c3cc(C(C)(C)C)ccc32)n1. The molecule has 0 radical (unpaired) electrons. The Bertz CT molecular complexity index is 4360. The van der Waals surface area contributed by atoms with Gasteiger partial charge in [-0.2, -0.15) is 0 Å². The summed E-state index contributed by atoms with van der Waals surface area (Å²) in [5, 5.41) is 7.37. The van der Waals surface area contributed by atoms with Crippen LogP contribution in [0.2, 0.25) is 0 Å². The summed E-state index contributed by atoms with van der Waals surface area (Å²) < 4.78 is 9.64. The van der Waals surface area contributed by atoms with Gasteiger partial charge in [-0.25, -0.2) is 15.0 Å². The van der Waals surface area contributed by atoms with Crippen LogP contribution in [0.4, 0.5) is 0 Å². The molecule has 0 N–H and O–H groups in total. The zero-order chi connectivity index (χ0) is 53.8. The van der Waals surface area contributed by atoms with E-state index in [-0.39, 0.29) is 10.8 Å². The van der Waals surface area contributed by atoms with Crippen LogP contribution in [0.5, 0.6) is 0 Å². The van der Waals surface area contributed by atoms with Gasteiger partial charge in [0, 0.05) is 56.1 Å². The van der Waals surface area contributed by atoms with Crippen LogP contribution in [-0.2, 0) is 17.3 Å². The minimum atomic E-state index is -0.0182. The van der Waals surface area contributed by atoms with E-state index in [2.05, 4.69) is 296 Å². The molecule has 0 spiro atoms. The molecule has 4 heterocycles. The highest BCUT2D eigenvalue weighted by molar-refractivity contribution is 14.1. The summed E-state index contributed by atoms with van der Waals surface area (Å²) in [4.78, 5) is 17.0. The van der Waals surface area contributed by atoms with E-state index >= 15 is 0 Å². The van der Waals surface area contributed by atoms with Crippen LogP contribution >= 0.6 is 45.2 Å². The molecule has 384 valence electrons. The minimum Gasteiger partial charge on any atom is -0.309 e. The molecule has 0 saturated carbocycles. The Balaban J connectivity index is 1.10. The average molecular weight is 1240 g/mol. The molecule has 13 rings (SSSR count). The predicted molar refractivity (Wildman–Crippen MR) is 345 cm³/mol. The van der Waals surface area contributed by atoms with Gasteiger partial charge in [-0.05, 0) is 214 Å². The fraction of sp³-hybridized carbons (Fsp3) is 0.186.